The Bertz CT molecular complexity index is 556. The molecule has 0 spiro atoms. The van der Waals surface area contributed by atoms with E-state index in [1.807, 2.05) is 0 Å². The Labute approximate surface area is 145 Å². The van der Waals surface area contributed by atoms with Crippen molar-refractivity contribution in [3.63, 3.8) is 0 Å². The summed E-state index contributed by atoms with van der Waals surface area (Å²) in [5, 5.41) is 0. The third kappa shape index (κ3) is 2.85. The van der Waals surface area contributed by atoms with E-state index in [2.05, 4.69) is 34.1 Å². The molecule has 1 aromatic carbocycles. The van der Waals surface area contributed by atoms with Gasteiger partial charge in [0.25, 0.3) is 0 Å². The van der Waals surface area contributed by atoms with Crippen molar-refractivity contribution in [1.29, 1.82) is 0 Å². The molecular weight excluding hydrogens is 300 g/mol. The maximum absolute atomic E-state index is 5.47. The van der Waals surface area contributed by atoms with Gasteiger partial charge in [-0.1, -0.05) is 12.1 Å². The van der Waals surface area contributed by atoms with Gasteiger partial charge in [-0.25, -0.2) is 0 Å². The van der Waals surface area contributed by atoms with Crippen molar-refractivity contribution in [2.75, 3.05) is 47.0 Å². The number of fused-ring (bicyclic) bond motifs is 2. The van der Waals surface area contributed by atoms with Gasteiger partial charge in [-0.2, -0.15) is 0 Å². The molecule has 0 amide bonds. The van der Waals surface area contributed by atoms with Crippen molar-refractivity contribution < 1.29 is 9.47 Å². The summed E-state index contributed by atoms with van der Waals surface area (Å²) < 4.78 is 10.8. The molecule has 4 saturated heterocycles. The molecule has 4 heteroatoms. The topological polar surface area (TPSA) is 24.9 Å². The predicted molar refractivity (Wildman–Crippen MR) is 95.7 cm³/mol. The average molecular weight is 330 g/mol. The Balaban J connectivity index is 1.59. The zero-order valence-electron chi connectivity index (χ0n) is 15.0. The summed E-state index contributed by atoms with van der Waals surface area (Å²) in [5.74, 6) is 2.48. The second-order valence-electron chi connectivity index (χ2n) is 7.58. The summed E-state index contributed by atoms with van der Waals surface area (Å²) in [7, 11) is 3.57. The van der Waals surface area contributed by atoms with Gasteiger partial charge in [0.1, 0.15) is 5.75 Å². The number of piperidine rings is 3. The highest BCUT2D eigenvalue weighted by Crippen LogP contribution is 2.46. The van der Waals surface area contributed by atoms with Crippen molar-refractivity contribution in [3.05, 3.63) is 29.8 Å². The Morgan fingerprint density at radius 2 is 1.96 bits per heavy atom. The Morgan fingerprint density at radius 3 is 2.71 bits per heavy atom. The van der Waals surface area contributed by atoms with E-state index in [0.29, 0.717) is 12.0 Å². The quantitative estimate of drug-likeness (QED) is 0.749. The molecule has 2 bridgehead atoms. The van der Waals surface area contributed by atoms with E-state index in [1.54, 1.807) is 14.2 Å². The molecule has 3 atom stereocenters. The predicted octanol–water partition coefficient (Wildman–Crippen LogP) is 2.59. The smallest absolute Gasteiger partial charge is 0.119 e. The van der Waals surface area contributed by atoms with Crippen LogP contribution >= 0.6 is 0 Å². The van der Waals surface area contributed by atoms with Crippen LogP contribution in [-0.2, 0) is 4.74 Å². The van der Waals surface area contributed by atoms with E-state index in [1.165, 1.54) is 44.6 Å². The summed E-state index contributed by atoms with van der Waals surface area (Å²) in [6, 6.07) is 10.2. The summed E-state index contributed by atoms with van der Waals surface area (Å²) in [5.41, 5.74) is 1.45. The second kappa shape index (κ2) is 7.03. The standard InChI is InChI=1S/C20H30N2O2/c1-23-12-4-9-22-14-18(16-5-3-6-17(13-16)24-2)20-19(22)15-7-10-21(20)11-8-15/h3,5-6,13,15,18-20H,4,7-12,14H2,1-2H3/t18-,19+,20+/m0/s1. The van der Waals surface area contributed by atoms with Crippen LogP contribution in [0.5, 0.6) is 5.75 Å². The third-order valence-corrected chi connectivity index (χ3v) is 6.41. The van der Waals surface area contributed by atoms with Crippen LogP contribution in [0.2, 0.25) is 0 Å². The van der Waals surface area contributed by atoms with Crippen LogP contribution < -0.4 is 4.74 Å². The van der Waals surface area contributed by atoms with Crippen LogP contribution in [0.1, 0.15) is 30.7 Å². The van der Waals surface area contributed by atoms with Crippen molar-refractivity contribution in [3.8, 4) is 5.75 Å². The van der Waals surface area contributed by atoms with Crippen LogP contribution in [0, 0.1) is 5.92 Å². The van der Waals surface area contributed by atoms with E-state index >= 15 is 0 Å². The van der Waals surface area contributed by atoms with Gasteiger partial charge in [0.2, 0.25) is 0 Å². The lowest BCUT2D eigenvalue weighted by atomic mass is 9.75. The molecule has 24 heavy (non-hydrogen) atoms. The SMILES string of the molecule is COCCCN1C[C@@H](c2cccc(OC)c2)[C@@H]2[C@H]1C1CCN2CC1. The second-order valence-corrected chi connectivity index (χ2v) is 7.58. The first-order valence-corrected chi connectivity index (χ1v) is 9.43. The van der Waals surface area contributed by atoms with Gasteiger partial charge in [-0.3, -0.25) is 9.80 Å². The molecule has 0 aliphatic carbocycles. The van der Waals surface area contributed by atoms with Gasteiger partial charge in [0, 0.05) is 44.8 Å². The number of hydrogen-bond acceptors (Lipinski definition) is 4. The molecule has 1 aromatic rings. The lowest BCUT2D eigenvalue weighted by molar-refractivity contribution is -0.00804. The van der Waals surface area contributed by atoms with Gasteiger partial charge in [0.05, 0.1) is 7.11 Å². The molecule has 0 saturated carbocycles. The van der Waals surface area contributed by atoms with Crippen LogP contribution in [-0.4, -0.2) is 68.9 Å². The molecule has 132 valence electrons. The van der Waals surface area contributed by atoms with Crippen molar-refractivity contribution >= 4 is 0 Å². The van der Waals surface area contributed by atoms with Crippen LogP contribution in [0.25, 0.3) is 0 Å². The highest BCUT2D eigenvalue weighted by Gasteiger charge is 2.52. The van der Waals surface area contributed by atoms with Gasteiger partial charge in [-0.15, -0.1) is 0 Å². The Morgan fingerprint density at radius 1 is 1.12 bits per heavy atom. The van der Waals surface area contributed by atoms with E-state index in [-0.39, 0.29) is 0 Å². The number of nitrogens with zero attached hydrogens (tertiary/aromatic N) is 2. The summed E-state index contributed by atoms with van der Waals surface area (Å²) in [6.07, 6.45) is 3.90. The van der Waals surface area contributed by atoms with E-state index < -0.39 is 0 Å². The van der Waals surface area contributed by atoms with Crippen LogP contribution in [0.3, 0.4) is 0 Å². The van der Waals surface area contributed by atoms with E-state index in [0.717, 1.165) is 30.7 Å². The minimum absolute atomic E-state index is 0.607. The molecule has 0 radical (unpaired) electrons. The Hall–Kier alpha value is -1.10. The third-order valence-electron chi connectivity index (χ3n) is 6.41. The number of hydrogen-bond donors (Lipinski definition) is 0. The van der Waals surface area contributed by atoms with Crippen molar-refractivity contribution in [1.82, 2.24) is 9.80 Å². The van der Waals surface area contributed by atoms with Gasteiger partial charge < -0.3 is 9.47 Å². The average Bonchev–Trinajstić information content (AvgIpc) is 3.05. The van der Waals surface area contributed by atoms with Crippen molar-refractivity contribution in [2.24, 2.45) is 5.92 Å². The fourth-order valence-corrected chi connectivity index (χ4v) is 5.37. The number of rotatable bonds is 6. The minimum atomic E-state index is 0.607. The first-order chi connectivity index (χ1) is 11.8. The molecule has 4 fully saturated rings. The molecule has 5 rings (SSSR count). The van der Waals surface area contributed by atoms with Gasteiger partial charge >= 0.3 is 0 Å². The maximum atomic E-state index is 5.47. The number of ether oxygens (including phenoxy) is 2. The van der Waals surface area contributed by atoms with Crippen LogP contribution in [0.15, 0.2) is 24.3 Å². The number of likely N-dealkylation sites (tertiary alicyclic amines) is 1. The zero-order chi connectivity index (χ0) is 16.5. The lowest BCUT2D eigenvalue weighted by Crippen LogP contribution is -2.60. The summed E-state index contributed by atoms with van der Waals surface area (Å²) in [4.78, 5) is 5.54. The van der Waals surface area contributed by atoms with E-state index in [9.17, 15) is 0 Å². The first kappa shape index (κ1) is 16.4. The number of benzene rings is 1. The molecule has 4 heterocycles. The number of methoxy groups -OCH3 is 2. The van der Waals surface area contributed by atoms with E-state index in [4.69, 9.17) is 9.47 Å². The molecule has 4 nitrogen and oxygen atoms in total. The molecule has 4 aliphatic heterocycles. The van der Waals surface area contributed by atoms with Crippen molar-refractivity contribution in [2.45, 2.75) is 37.3 Å². The molecule has 4 aliphatic rings. The Kier molecular flexibility index (Phi) is 4.79. The minimum Gasteiger partial charge on any atom is -0.497 e. The van der Waals surface area contributed by atoms with Crippen LogP contribution in [0.4, 0.5) is 0 Å². The summed E-state index contributed by atoms with van der Waals surface area (Å²) >= 11 is 0. The first-order valence-electron chi connectivity index (χ1n) is 9.43. The van der Waals surface area contributed by atoms with Gasteiger partial charge in [0.15, 0.2) is 0 Å². The zero-order valence-corrected chi connectivity index (χ0v) is 15.0. The molecule has 0 aromatic heterocycles. The monoisotopic (exact) mass is 330 g/mol. The molecule has 0 unspecified atom stereocenters. The molecular formula is C20H30N2O2. The fourth-order valence-electron chi connectivity index (χ4n) is 5.37. The fraction of sp³-hybridized carbons (Fsp3) is 0.700. The normalized spacial score (nSPS) is 35.2. The maximum Gasteiger partial charge on any atom is 0.119 e. The largest absolute Gasteiger partial charge is 0.497 e. The lowest BCUT2D eigenvalue weighted by Gasteiger charge is -2.51. The molecule has 0 N–H and O–H groups in total. The summed E-state index contributed by atoms with van der Waals surface area (Å²) in [6.45, 7) is 5.79. The highest BCUT2D eigenvalue weighted by molar-refractivity contribution is 5.34. The van der Waals surface area contributed by atoms with Gasteiger partial charge in [-0.05, 0) is 56.0 Å². The highest BCUT2D eigenvalue weighted by atomic mass is 16.5.